The van der Waals surface area contributed by atoms with Gasteiger partial charge in [-0.2, -0.15) is 5.10 Å². The van der Waals surface area contributed by atoms with Crippen molar-refractivity contribution in [3.8, 4) is 5.69 Å². The molecular weight excluding hydrogens is 479 g/mol. The number of aromatic nitrogens is 3. The molecule has 3 aromatic rings. The van der Waals surface area contributed by atoms with E-state index < -0.39 is 0 Å². The summed E-state index contributed by atoms with van der Waals surface area (Å²) in [5, 5.41) is 9.41. The van der Waals surface area contributed by atoms with Crippen LogP contribution in [-0.4, -0.2) is 58.8 Å². The third-order valence-electron chi connectivity index (χ3n) is 6.39. The van der Waals surface area contributed by atoms with E-state index in [1.54, 1.807) is 22.2 Å². The minimum absolute atomic E-state index is 0. The summed E-state index contributed by atoms with van der Waals surface area (Å²) in [5.74, 6) is 0.373. The fraction of sp³-hybridized carbons (Fsp3) is 0.435. The van der Waals surface area contributed by atoms with Gasteiger partial charge in [0.25, 0.3) is 5.91 Å². The number of para-hydroxylation sites is 1. The lowest BCUT2D eigenvalue weighted by Crippen LogP contribution is -2.44. The van der Waals surface area contributed by atoms with Crippen LogP contribution in [0.4, 0.5) is 10.1 Å². The Morgan fingerprint density at radius 1 is 1.09 bits per heavy atom. The Hall–Kier alpha value is -2.13. The first-order valence-corrected chi connectivity index (χ1v) is 11.8. The molecule has 3 heterocycles. The van der Waals surface area contributed by atoms with Crippen LogP contribution in [0.1, 0.15) is 46.9 Å². The number of thiazole rings is 1. The second kappa shape index (κ2) is 10.9. The van der Waals surface area contributed by atoms with Crippen LogP contribution in [-0.2, 0) is 0 Å². The lowest BCUT2D eigenvalue weighted by molar-refractivity contribution is 0.102. The zero-order valence-corrected chi connectivity index (χ0v) is 21.3. The number of likely N-dealkylation sites (N-methyl/N-ethyl adjacent to an activating group) is 1. The van der Waals surface area contributed by atoms with Gasteiger partial charge in [0.1, 0.15) is 5.00 Å². The summed E-state index contributed by atoms with van der Waals surface area (Å²) in [6.45, 7) is 6.05. The molecule has 5 rings (SSSR count). The first-order chi connectivity index (χ1) is 15.1. The molecule has 0 bridgehead atoms. The van der Waals surface area contributed by atoms with E-state index in [1.165, 1.54) is 30.0 Å². The van der Waals surface area contributed by atoms with Crippen molar-refractivity contribution < 1.29 is 4.79 Å². The maximum Gasteiger partial charge on any atom is 0.260 e. The number of anilines is 2. The summed E-state index contributed by atoms with van der Waals surface area (Å²) < 4.78 is 1.80. The van der Waals surface area contributed by atoms with Gasteiger partial charge < -0.3 is 9.80 Å². The second-order valence-electron chi connectivity index (χ2n) is 8.47. The van der Waals surface area contributed by atoms with E-state index in [0.29, 0.717) is 16.6 Å². The SMILES string of the molecule is Cc1c(C(=O)Nc2nc(C3CCC3)c(N3CCN(C)CC3)s2)cnn1-c1ccccc1.Cl.Cl. The standard InChI is InChI=1S/C23H28N6OS.2ClH/c1-16-19(15-24-29(16)18-9-4-3-5-10-18)21(30)26-23-25-20(17-7-6-8-17)22(31-23)28-13-11-27(2)12-14-28;;/h3-5,9-10,15,17H,6-8,11-14H2,1-2H3,(H,25,26,30);2*1H. The highest BCUT2D eigenvalue weighted by atomic mass is 35.5. The van der Waals surface area contributed by atoms with Crippen LogP contribution in [0.15, 0.2) is 36.5 Å². The highest BCUT2D eigenvalue weighted by molar-refractivity contribution is 7.19. The number of carbonyl (C=O) groups excluding carboxylic acids is 1. The second-order valence-corrected chi connectivity index (χ2v) is 9.45. The van der Waals surface area contributed by atoms with Gasteiger partial charge in [0.15, 0.2) is 5.13 Å². The van der Waals surface area contributed by atoms with E-state index in [4.69, 9.17) is 4.98 Å². The predicted octanol–water partition coefficient (Wildman–Crippen LogP) is 4.75. The van der Waals surface area contributed by atoms with Gasteiger partial charge in [-0.15, -0.1) is 24.8 Å². The summed E-state index contributed by atoms with van der Waals surface area (Å²) in [6.07, 6.45) is 5.30. The smallest absolute Gasteiger partial charge is 0.260 e. The first kappa shape index (κ1) is 25.5. The Morgan fingerprint density at radius 2 is 1.79 bits per heavy atom. The van der Waals surface area contributed by atoms with Crippen LogP contribution in [0, 0.1) is 6.92 Å². The topological polar surface area (TPSA) is 66.3 Å². The van der Waals surface area contributed by atoms with Gasteiger partial charge in [-0.3, -0.25) is 10.1 Å². The van der Waals surface area contributed by atoms with Crippen molar-refractivity contribution in [3.05, 3.63) is 53.5 Å². The molecule has 0 unspecified atom stereocenters. The van der Waals surface area contributed by atoms with Crippen molar-refractivity contribution in [1.82, 2.24) is 19.7 Å². The first-order valence-electron chi connectivity index (χ1n) is 11.0. The molecule has 1 saturated carbocycles. The average molecular weight is 510 g/mol. The third-order valence-corrected chi connectivity index (χ3v) is 7.44. The molecule has 1 aliphatic heterocycles. The highest BCUT2D eigenvalue weighted by Crippen LogP contribution is 2.44. The molecular formula is C23H30Cl2N6OS. The van der Waals surface area contributed by atoms with E-state index in [2.05, 4.69) is 27.3 Å². The van der Waals surface area contributed by atoms with Crippen LogP contribution < -0.4 is 10.2 Å². The summed E-state index contributed by atoms with van der Waals surface area (Å²) in [6, 6.07) is 9.86. The average Bonchev–Trinajstić information content (AvgIpc) is 3.32. The van der Waals surface area contributed by atoms with Crippen molar-refractivity contribution in [2.24, 2.45) is 0 Å². The Kier molecular flexibility index (Phi) is 8.39. The van der Waals surface area contributed by atoms with Crippen LogP contribution in [0.2, 0.25) is 0 Å². The number of hydrogen-bond acceptors (Lipinski definition) is 6. The molecule has 10 heteroatoms. The zero-order valence-electron chi connectivity index (χ0n) is 18.9. The number of carbonyl (C=O) groups is 1. The zero-order chi connectivity index (χ0) is 21.4. The fourth-order valence-electron chi connectivity index (χ4n) is 4.19. The molecule has 2 fully saturated rings. The molecule has 1 aromatic carbocycles. The van der Waals surface area contributed by atoms with Gasteiger partial charge in [0.2, 0.25) is 0 Å². The molecule has 178 valence electrons. The number of benzene rings is 1. The third kappa shape index (κ3) is 5.19. The Morgan fingerprint density at radius 3 is 2.42 bits per heavy atom. The normalized spacial score (nSPS) is 16.5. The Balaban J connectivity index is 0.00000153. The predicted molar refractivity (Wildman–Crippen MR) is 139 cm³/mol. The molecule has 33 heavy (non-hydrogen) atoms. The van der Waals surface area contributed by atoms with Crippen molar-refractivity contribution >= 4 is 52.2 Å². The molecule has 1 amide bonds. The molecule has 1 N–H and O–H groups in total. The summed E-state index contributed by atoms with van der Waals surface area (Å²) in [5.41, 5.74) is 3.51. The van der Waals surface area contributed by atoms with E-state index in [9.17, 15) is 4.79 Å². The fourth-order valence-corrected chi connectivity index (χ4v) is 5.29. The molecule has 7 nitrogen and oxygen atoms in total. The van der Waals surface area contributed by atoms with Crippen LogP contribution in [0.5, 0.6) is 0 Å². The Labute approximate surface area is 211 Å². The van der Waals surface area contributed by atoms with Gasteiger partial charge in [0.05, 0.1) is 28.8 Å². The van der Waals surface area contributed by atoms with Gasteiger partial charge >= 0.3 is 0 Å². The molecule has 0 spiro atoms. The largest absolute Gasteiger partial charge is 0.359 e. The minimum Gasteiger partial charge on any atom is -0.359 e. The van der Waals surface area contributed by atoms with Crippen LogP contribution >= 0.6 is 36.2 Å². The molecule has 1 saturated heterocycles. The summed E-state index contributed by atoms with van der Waals surface area (Å²) in [4.78, 5) is 22.7. The monoisotopic (exact) mass is 508 g/mol. The number of piperazine rings is 1. The van der Waals surface area contributed by atoms with E-state index in [0.717, 1.165) is 37.6 Å². The van der Waals surface area contributed by atoms with E-state index in [-0.39, 0.29) is 30.7 Å². The van der Waals surface area contributed by atoms with Crippen LogP contribution in [0.3, 0.4) is 0 Å². The molecule has 1 aliphatic carbocycles. The number of rotatable bonds is 5. The number of amides is 1. The van der Waals surface area contributed by atoms with E-state index in [1.807, 2.05) is 37.3 Å². The van der Waals surface area contributed by atoms with Crippen molar-refractivity contribution in [2.45, 2.75) is 32.1 Å². The highest BCUT2D eigenvalue weighted by Gasteiger charge is 2.30. The lowest BCUT2D eigenvalue weighted by atomic mass is 9.83. The quantitative estimate of drug-likeness (QED) is 0.538. The van der Waals surface area contributed by atoms with Crippen molar-refractivity contribution in [3.63, 3.8) is 0 Å². The number of nitrogens with one attached hydrogen (secondary N) is 1. The van der Waals surface area contributed by atoms with Gasteiger partial charge in [-0.25, -0.2) is 9.67 Å². The molecule has 0 radical (unpaired) electrons. The van der Waals surface area contributed by atoms with Crippen molar-refractivity contribution in [2.75, 3.05) is 43.4 Å². The maximum atomic E-state index is 13.1. The maximum absolute atomic E-state index is 13.1. The van der Waals surface area contributed by atoms with Gasteiger partial charge in [-0.1, -0.05) is 36.0 Å². The number of halogens is 2. The minimum atomic E-state index is -0.154. The van der Waals surface area contributed by atoms with Crippen LogP contribution in [0.25, 0.3) is 5.69 Å². The number of hydrogen-bond donors (Lipinski definition) is 1. The van der Waals surface area contributed by atoms with E-state index >= 15 is 0 Å². The molecule has 2 aliphatic rings. The van der Waals surface area contributed by atoms with Gasteiger partial charge in [0, 0.05) is 32.1 Å². The summed E-state index contributed by atoms with van der Waals surface area (Å²) in [7, 11) is 2.17. The Bertz CT molecular complexity index is 1070. The summed E-state index contributed by atoms with van der Waals surface area (Å²) >= 11 is 1.61. The van der Waals surface area contributed by atoms with Crippen molar-refractivity contribution in [1.29, 1.82) is 0 Å². The number of nitrogens with zero attached hydrogens (tertiary/aromatic N) is 5. The molecule has 0 atom stereocenters. The molecule has 2 aromatic heterocycles. The lowest BCUT2D eigenvalue weighted by Gasteiger charge is -2.35. The van der Waals surface area contributed by atoms with Gasteiger partial charge in [-0.05, 0) is 38.9 Å².